The van der Waals surface area contributed by atoms with E-state index in [1.807, 2.05) is 61.5 Å². The molecule has 0 spiro atoms. The van der Waals surface area contributed by atoms with Crippen molar-refractivity contribution in [2.24, 2.45) is 0 Å². The number of benzene rings is 2. The Labute approximate surface area is 172 Å². The number of hydrogen-bond donors (Lipinski definition) is 2. The quantitative estimate of drug-likeness (QED) is 0.424. The molecule has 0 bridgehead atoms. The van der Waals surface area contributed by atoms with Crippen LogP contribution in [0, 0.1) is 6.92 Å². The van der Waals surface area contributed by atoms with Crippen LogP contribution in [0.15, 0.2) is 67.0 Å². The number of aryl methyl sites for hydroxylation is 1. The van der Waals surface area contributed by atoms with E-state index in [0.29, 0.717) is 26.9 Å². The first kappa shape index (κ1) is 18.5. The van der Waals surface area contributed by atoms with Crippen molar-refractivity contribution in [1.82, 2.24) is 9.97 Å². The van der Waals surface area contributed by atoms with Crippen molar-refractivity contribution in [1.29, 1.82) is 0 Å². The van der Waals surface area contributed by atoms with Crippen molar-refractivity contribution in [3.63, 3.8) is 0 Å². The Balaban J connectivity index is 1.84. The Bertz CT molecular complexity index is 1150. The van der Waals surface area contributed by atoms with E-state index in [1.54, 1.807) is 12.4 Å². The lowest BCUT2D eigenvalue weighted by molar-refractivity contribution is 0.471. The molecule has 4 rings (SSSR count). The number of fused-ring (bicyclic) bond motifs is 1. The second-order valence-electron chi connectivity index (χ2n) is 6.53. The topological polar surface area (TPSA) is 58.0 Å². The Kier molecular flexibility index (Phi) is 5.07. The minimum Gasteiger partial charge on any atom is -0.505 e. The number of rotatable bonds is 4. The molecular weight excluding hydrogens is 393 g/mol. The molecule has 2 heterocycles. The summed E-state index contributed by atoms with van der Waals surface area (Å²) in [5.41, 5.74) is 3.10. The molecule has 2 aromatic heterocycles. The second kappa shape index (κ2) is 7.66. The van der Waals surface area contributed by atoms with Gasteiger partial charge in [0.2, 0.25) is 0 Å². The van der Waals surface area contributed by atoms with E-state index in [-0.39, 0.29) is 11.8 Å². The summed E-state index contributed by atoms with van der Waals surface area (Å²) in [5.74, 6) is 0.790. The maximum absolute atomic E-state index is 10.9. The predicted molar refractivity (Wildman–Crippen MR) is 114 cm³/mol. The zero-order valence-electron chi connectivity index (χ0n) is 15.0. The van der Waals surface area contributed by atoms with E-state index in [0.717, 1.165) is 16.5 Å². The Morgan fingerprint density at radius 3 is 2.54 bits per heavy atom. The molecule has 0 aliphatic heterocycles. The van der Waals surface area contributed by atoms with Crippen LogP contribution in [0.1, 0.15) is 22.7 Å². The van der Waals surface area contributed by atoms with Gasteiger partial charge in [0, 0.05) is 28.4 Å². The van der Waals surface area contributed by atoms with Gasteiger partial charge in [-0.15, -0.1) is 0 Å². The minimum atomic E-state index is -0.350. The van der Waals surface area contributed by atoms with Gasteiger partial charge in [-0.05, 0) is 42.3 Å². The Morgan fingerprint density at radius 2 is 1.79 bits per heavy atom. The fraction of sp³-hybridized carbons (Fsp3) is 0.0909. The van der Waals surface area contributed by atoms with E-state index in [1.165, 1.54) is 0 Å². The summed E-state index contributed by atoms with van der Waals surface area (Å²) in [6.07, 6.45) is 3.28. The zero-order chi connectivity index (χ0) is 19.7. The van der Waals surface area contributed by atoms with E-state index in [4.69, 9.17) is 23.2 Å². The highest BCUT2D eigenvalue weighted by Crippen LogP contribution is 2.36. The number of nitrogens with zero attached hydrogens (tertiary/aromatic N) is 2. The van der Waals surface area contributed by atoms with Crippen LogP contribution in [-0.2, 0) is 0 Å². The standard InChI is InChI=1S/C22H17Cl2N3O/c1-13-11-19(26-12-18(13)24)27-20(15-4-7-16(23)8-5-15)17-9-6-14-3-2-10-25-21(14)22(17)28/h2-12,20,28H,1H3,(H,26,27). The fourth-order valence-electron chi connectivity index (χ4n) is 3.14. The van der Waals surface area contributed by atoms with Gasteiger partial charge >= 0.3 is 0 Å². The van der Waals surface area contributed by atoms with Gasteiger partial charge < -0.3 is 10.4 Å². The van der Waals surface area contributed by atoms with Crippen LogP contribution < -0.4 is 5.32 Å². The molecule has 6 heteroatoms. The normalized spacial score (nSPS) is 12.1. The number of phenolic OH excluding ortho intramolecular Hbond substituents is 1. The summed E-state index contributed by atoms with van der Waals surface area (Å²) >= 11 is 12.2. The molecule has 0 aliphatic carbocycles. The maximum Gasteiger partial charge on any atom is 0.147 e. The SMILES string of the molecule is Cc1cc(NC(c2ccc(Cl)cc2)c2ccc3cccnc3c2O)ncc1Cl. The largest absolute Gasteiger partial charge is 0.505 e. The fourth-order valence-corrected chi connectivity index (χ4v) is 3.37. The lowest BCUT2D eigenvalue weighted by Gasteiger charge is -2.22. The number of nitrogens with one attached hydrogen (secondary N) is 1. The van der Waals surface area contributed by atoms with Gasteiger partial charge in [-0.3, -0.25) is 4.98 Å². The molecule has 140 valence electrons. The highest BCUT2D eigenvalue weighted by atomic mass is 35.5. The number of aromatic nitrogens is 2. The molecule has 4 aromatic rings. The number of phenols is 1. The highest BCUT2D eigenvalue weighted by Gasteiger charge is 2.20. The van der Waals surface area contributed by atoms with E-state index < -0.39 is 0 Å². The molecule has 4 nitrogen and oxygen atoms in total. The van der Waals surface area contributed by atoms with Crippen LogP contribution in [0.5, 0.6) is 5.75 Å². The molecule has 1 unspecified atom stereocenters. The summed E-state index contributed by atoms with van der Waals surface area (Å²) in [4.78, 5) is 8.71. The first-order valence-electron chi connectivity index (χ1n) is 8.73. The van der Waals surface area contributed by atoms with Crippen molar-refractivity contribution < 1.29 is 5.11 Å². The molecule has 0 amide bonds. The van der Waals surface area contributed by atoms with Crippen molar-refractivity contribution >= 4 is 39.9 Å². The van der Waals surface area contributed by atoms with Crippen molar-refractivity contribution in [2.75, 3.05) is 5.32 Å². The van der Waals surface area contributed by atoms with Crippen LogP contribution in [0.25, 0.3) is 10.9 Å². The average Bonchev–Trinajstić information content (AvgIpc) is 2.70. The first-order chi connectivity index (χ1) is 13.5. The summed E-state index contributed by atoms with van der Waals surface area (Å²) in [5, 5.41) is 16.5. The summed E-state index contributed by atoms with van der Waals surface area (Å²) in [6.45, 7) is 1.92. The molecule has 28 heavy (non-hydrogen) atoms. The van der Waals surface area contributed by atoms with Gasteiger partial charge in [-0.25, -0.2) is 4.98 Å². The van der Waals surface area contributed by atoms with Gasteiger partial charge in [-0.1, -0.05) is 53.5 Å². The lowest BCUT2D eigenvalue weighted by Crippen LogP contribution is -2.14. The number of pyridine rings is 2. The third kappa shape index (κ3) is 3.61. The molecule has 0 saturated carbocycles. The number of anilines is 1. The van der Waals surface area contributed by atoms with Crippen LogP contribution >= 0.6 is 23.2 Å². The predicted octanol–water partition coefficient (Wildman–Crippen LogP) is 6.15. The number of aromatic hydroxyl groups is 1. The van der Waals surface area contributed by atoms with Crippen LogP contribution in [0.3, 0.4) is 0 Å². The molecule has 1 atom stereocenters. The van der Waals surface area contributed by atoms with Gasteiger partial charge in [0.25, 0.3) is 0 Å². The lowest BCUT2D eigenvalue weighted by atomic mass is 9.96. The smallest absolute Gasteiger partial charge is 0.147 e. The van der Waals surface area contributed by atoms with Gasteiger partial charge in [0.1, 0.15) is 17.1 Å². The van der Waals surface area contributed by atoms with Crippen molar-refractivity contribution in [3.05, 3.63) is 93.7 Å². The number of hydrogen-bond acceptors (Lipinski definition) is 4. The summed E-state index contributed by atoms with van der Waals surface area (Å²) < 4.78 is 0. The molecule has 2 aromatic carbocycles. The Morgan fingerprint density at radius 1 is 1.00 bits per heavy atom. The highest BCUT2D eigenvalue weighted by molar-refractivity contribution is 6.31. The Hall–Kier alpha value is -2.82. The van der Waals surface area contributed by atoms with Gasteiger partial charge in [0.05, 0.1) is 11.1 Å². The molecule has 0 radical (unpaired) electrons. The van der Waals surface area contributed by atoms with E-state index >= 15 is 0 Å². The third-order valence-corrected chi connectivity index (χ3v) is 5.28. The summed E-state index contributed by atoms with van der Waals surface area (Å²) in [7, 11) is 0. The maximum atomic E-state index is 10.9. The molecule has 0 saturated heterocycles. The monoisotopic (exact) mass is 409 g/mol. The third-order valence-electron chi connectivity index (χ3n) is 4.63. The molecular formula is C22H17Cl2N3O. The first-order valence-corrected chi connectivity index (χ1v) is 9.49. The number of halogens is 2. The van der Waals surface area contributed by atoms with E-state index in [2.05, 4.69) is 15.3 Å². The molecule has 0 aliphatic rings. The zero-order valence-corrected chi connectivity index (χ0v) is 16.5. The minimum absolute atomic E-state index is 0.135. The van der Waals surface area contributed by atoms with Crippen molar-refractivity contribution in [3.8, 4) is 5.75 Å². The van der Waals surface area contributed by atoms with E-state index in [9.17, 15) is 5.11 Å². The second-order valence-corrected chi connectivity index (χ2v) is 7.37. The summed E-state index contributed by atoms with van der Waals surface area (Å²) in [6, 6.07) is 16.6. The van der Waals surface area contributed by atoms with Crippen LogP contribution in [-0.4, -0.2) is 15.1 Å². The average molecular weight is 410 g/mol. The van der Waals surface area contributed by atoms with Crippen LogP contribution in [0.4, 0.5) is 5.82 Å². The van der Waals surface area contributed by atoms with Gasteiger partial charge in [-0.2, -0.15) is 0 Å². The van der Waals surface area contributed by atoms with Gasteiger partial charge in [0.15, 0.2) is 0 Å². The molecule has 2 N–H and O–H groups in total. The molecule has 0 fully saturated rings. The van der Waals surface area contributed by atoms with Crippen LogP contribution in [0.2, 0.25) is 10.0 Å². The van der Waals surface area contributed by atoms with Crippen molar-refractivity contribution in [2.45, 2.75) is 13.0 Å².